The van der Waals surface area contributed by atoms with Crippen molar-refractivity contribution in [2.24, 2.45) is 5.90 Å². The molecule has 0 amide bonds. The van der Waals surface area contributed by atoms with E-state index in [1.54, 1.807) is 0 Å². The molecular formula is C9H8F3NO3. The van der Waals surface area contributed by atoms with Crippen LogP contribution >= 0.6 is 0 Å². The zero-order valence-electron chi connectivity index (χ0n) is 8.00. The molecule has 0 aliphatic carbocycles. The molecular weight excluding hydrogens is 227 g/mol. The molecule has 1 heterocycles. The van der Waals surface area contributed by atoms with Gasteiger partial charge in [-0.05, 0) is 12.1 Å². The molecule has 0 fully saturated rings. The summed E-state index contributed by atoms with van der Waals surface area (Å²) >= 11 is 0. The second-order valence-corrected chi connectivity index (χ2v) is 3.13. The summed E-state index contributed by atoms with van der Waals surface area (Å²) in [4.78, 5) is 4.25. The van der Waals surface area contributed by atoms with Crippen LogP contribution in [0.3, 0.4) is 0 Å². The van der Waals surface area contributed by atoms with Gasteiger partial charge in [0.15, 0.2) is 11.5 Å². The van der Waals surface area contributed by atoms with Crippen molar-refractivity contribution in [1.29, 1.82) is 0 Å². The summed E-state index contributed by atoms with van der Waals surface area (Å²) in [5, 5.41) is 0. The normalized spacial score (nSPS) is 14.2. The molecule has 0 aromatic heterocycles. The van der Waals surface area contributed by atoms with E-state index in [0.29, 0.717) is 0 Å². The van der Waals surface area contributed by atoms with Gasteiger partial charge in [-0.2, -0.15) is 13.2 Å². The second-order valence-electron chi connectivity index (χ2n) is 3.13. The quantitative estimate of drug-likeness (QED) is 0.794. The third kappa shape index (κ3) is 1.79. The Morgan fingerprint density at radius 2 is 2.06 bits per heavy atom. The first-order valence-electron chi connectivity index (χ1n) is 4.34. The average Bonchev–Trinajstić information content (AvgIpc) is 2.64. The lowest BCUT2D eigenvalue weighted by Crippen LogP contribution is -2.12. The van der Waals surface area contributed by atoms with Crippen molar-refractivity contribution in [3.05, 3.63) is 23.3 Å². The zero-order valence-corrected chi connectivity index (χ0v) is 8.00. The Labute approximate surface area is 88.7 Å². The van der Waals surface area contributed by atoms with Crippen LogP contribution < -0.4 is 15.4 Å². The topological polar surface area (TPSA) is 53.7 Å². The summed E-state index contributed by atoms with van der Waals surface area (Å²) in [7, 11) is 0. The molecule has 2 N–H and O–H groups in total. The molecule has 0 unspecified atom stereocenters. The standard InChI is InChI=1S/C9H8F3NO3/c10-9(11,12)6-1-2-7-8(15-4-14-7)5(6)3-16-13/h1-2H,3-4,13H2. The van der Waals surface area contributed by atoms with Crippen LogP contribution in [0.5, 0.6) is 11.5 Å². The van der Waals surface area contributed by atoms with Crippen molar-refractivity contribution >= 4 is 0 Å². The lowest BCUT2D eigenvalue weighted by Gasteiger charge is -2.13. The van der Waals surface area contributed by atoms with Gasteiger partial charge in [-0.3, -0.25) is 4.84 Å². The maximum Gasteiger partial charge on any atom is 0.416 e. The van der Waals surface area contributed by atoms with E-state index in [9.17, 15) is 13.2 Å². The molecule has 1 aliphatic heterocycles. The first kappa shape index (κ1) is 11.0. The number of benzene rings is 1. The van der Waals surface area contributed by atoms with Crippen molar-refractivity contribution in [3.8, 4) is 11.5 Å². The molecule has 16 heavy (non-hydrogen) atoms. The average molecular weight is 235 g/mol. The van der Waals surface area contributed by atoms with Crippen LogP contribution in [-0.2, 0) is 17.6 Å². The minimum absolute atomic E-state index is 0.0419. The van der Waals surface area contributed by atoms with Crippen molar-refractivity contribution in [2.45, 2.75) is 12.8 Å². The number of hydrogen-bond donors (Lipinski definition) is 1. The highest BCUT2D eigenvalue weighted by atomic mass is 19.4. The predicted molar refractivity (Wildman–Crippen MR) is 46.5 cm³/mol. The Morgan fingerprint density at radius 3 is 2.69 bits per heavy atom. The minimum Gasteiger partial charge on any atom is -0.454 e. The maximum atomic E-state index is 12.6. The van der Waals surface area contributed by atoms with Gasteiger partial charge < -0.3 is 9.47 Å². The highest BCUT2D eigenvalue weighted by Gasteiger charge is 2.36. The van der Waals surface area contributed by atoms with Gasteiger partial charge in [0.1, 0.15) is 0 Å². The molecule has 1 aromatic rings. The summed E-state index contributed by atoms with van der Waals surface area (Å²) < 4.78 is 47.9. The van der Waals surface area contributed by atoms with Crippen LogP contribution in [-0.4, -0.2) is 6.79 Å². The van der Waals surface area contributed by atoms with E-state index in [-0.39, 0.29) is 30.5 Å². The molecule has 0 saturated carbocycles. The molecule has 0 saturated heterocycles. The summed E-state index contributed by atoms with van der Waals surface area (Å²) in [6, 6.07) is 2.13. The lowest BCUT2D eigenvalue weighted by molar-refractivity contribution is -0.139. The van der Waals surface area contributed by atoms with Crippen LogP contribution in [0.2, 0.25) is 0 Å². The molecule has 88 valence electrons. The van der Waals surface area contributed by atoms with Crippen LogP contribution in [0.25, 0.3) is 0 Å². The number of hydrogen-bond acceptors (Lipinski definition) is 4. The van der Waals surface area contributed by atoms with Gasteiger partial charge in [-0.15, -0.1) is 0 Å². The summed E-state index contributed by atoms with van der Waals surface area (Å²) in [5.41, 5.74) is -0.979. The monoisotopic (exact) mass is 235 g/mol. The highest BCUT2D eigenvalue weighted by molar-refractivity contribution is 5.52. The molecule has 7 heteroatoms. The maximum absolute atomic E-state index is 12.6. The smallest absolute Gasteiger partial charge is 0.416 e. The Kier molecular flexibility index (Phi) is 2.64. The molecule has 2 rings (SSSR count). The first-order chi connectivity index (χ1) is 7.54. The number of fused-ring (bicyclic) bond motifs is 1. The van der Waals surface area contributed by atoms with Crippen LogP contribution in [0.4, 0.5) is 13.2 Å². The van der Waals surface area contributed by atoms with Crippen molar-refractivity contribution in [2.75, 3.05) is 6.79 Å². The molecule has 0 atom stereocenters. The predicted octanol–water partition coefficient (Wildman–Crippen LogP) is 1.82. The van der Waals surface area contributed by atoms with Gasteiger partial charge in [0.05, 0.1) is 12.2 Å². The summed E-state index contributed by atoms with van der Waals surface area (Å²) in [5.74, 6) is 5.11. The molecule has 4 nitrogen and oxygen atoms in total. The number of halogens is 3. The van der Waals surface area contributed by atoms with E-state index in [1.807, 2.05) is 0 Å². The Balaban J connectivity index is 2.53. The van der Waals surface area contributed by atoms with Gasteiger partial charge in [0, 0.05) is 5.56 Å². The van der Waals surface area contributed by atoms with E-state index in [1.165, 1.54) is 6.07 Å². The van der Waals surface area contributed by atoms with Gasteiger partial charge in [0.25, 0.3) is 0 Å². The molecule has 1 aliphatic rings. The van der Waals surface area contributed by atoms with E-state index < -0.39 is 11.7 Å². The molecule has 0 bridgehead atoms. The Bertz CT molecular complexity index is 406. The summed E-state index contributed by atoms with van der Waals surface area (Å²) in [6.45, 7) is -0.490. The van der Waals surface area contributed by atoms with Crippen LogP contribution in [0, 0.1) is 0 Å². The van der Waals surface area contributed by atoms with Crippen molar-refractivity contribution in [1.82, 2.24) is 0 Å². The largest absolute Gasteiger partial charge is 0.454 e. The molecule has 1 aromatic carbocycles. The number of nitrogens with two attached hydrogens (primary N) is 1. The van der Waals surface area contributed by atoms with E-state index >= 15 is 0 Å². The van der Waals surface area contributed by atoms with E-state index in [2.05, 4.69) is 4.84 Å². The summed E-state index contributed by atoms with van der Waals surface area (Å²) in [6.07, 6.45) is -4.48. The Hall–Kier alpha value is -1.47. The third-order valence-corrected chi connectivity index (χ3v) is 2.18. The van der Waals surface area contributed by atoms with Gasteiger partial charge >= 0.3 is 6.18 Å². The molecule has 0 spiro atoms. The number of ether oxygens (including phenoxy) is 2. The van der Waals surface area contributed by atoms with Gasteiger partial charge in [0.2, 0.25) is 6.79 Å². The van der Waals surface area contributed by atoms with Gasteiger partial charge in [-0.25, -0.2) is 5.90 Å². The minimum atomic E-state index is -4.48. The fourth-order valence-electron chi connectivity index (χ4n) is 1.52. The third-order valence-electron chi connectivity index (χ3n) is 2.18. The fraction of sp³-hybridized carbons (Fsp3) is 0.333. The van der Waals surface area contributed by atoms with Gasteiger partial charge in [-0.1, -0.05) is 0 Å². The Morgan fingerprint density at radius 1 is 1.31 bits per heavy atom. The highest BCUT2D eigenvalue weighted by Crippen LogP contribution is 2.43. The SMILES string of the molecule is NOCc1c(C(F)(F)F)ccc2c1OCO2. The van der Waals surface area contributed by atoms with E-state index in [0.717, 1.165) is 6.07 Å². The van der Waals surface area contributed by atoms with Crippen LogP contribution in [0.15, 0.2) is 12.1 Å². The molecule has 0 radical (unpaired) electrons. The van der Waals surface area contributed by atoms with Crippen LogP contribution in [0.1, 0.15) is 11.1 Å². The number of alkyl halides is 3. The fourth-order valence-corrected chi connectivity index (χ4v) is 1.52. The van der Waals surface area contributed by atoms with Crippen molar-refractivity contribution in [3.63, 3.8) is 0 Å². The van der Waals surface area contributed by atoms with E-state index in [4.69, 9.17) is 15.4 Å². The second kappa shape index (κ2) is 3.84. The zero-order chi connectivity index (χ0) is 11.8. The number of rotatable bonds is 2. The lowest BCUT2D eigenvalue weighted by atomic mass is 10.1. The first-order valence-corrected chi connectivity index (χ1v) is 4.34. The van der Waals surface area contributed by atoms with Crippen molar-refractivity contribution < 1.29 is 27.5 Å².